The summed E-state index contributed by atoms with van der Waals surface area (Å²) in [5, 5.41) is 12.5. The second-order valence-electron chi connectivity index (χ2n) is 3.69. The molecule has 0 aromatic rings. The molecule has 4 nitrogen and oxygen atoms in total. The van der Waals surface area contributed by atoms with Crippen LogP contribution in [-0.4, -0.2) is 44.2 Å². The highest BCUT2D eigenvalue weighted by Crippen LogP contribution is 2.18. The molecule has 1 rings (SSSR count). The van der Waals surface area contributed by atoms with Crippen molar-refractivity contribution in [2.45, 2.75) is 31.4 Å². The molecule has 5 heteroatoms. The molecule has 13 heavy (non-hydrogen) atoms. The van der Waals surface area contributed by atoms with Gasteiger partial charge in [-0.15, -0.1) is 0 Å². The second kappa shape index (κ2) is 4.39. The monoisotopic (exact) mass is 207 g/mol. The summed E-state index contributed by atoms with van der Waals surface area (Å²) < 4.78 is 21.6. The SMILES string of the molecule is CS(=O)(=O)CCN[C@H]1CCC[C@@H]1O. The van der Waals surface area contributed by atoms with E-state index in [9.17, 15) is 13.5 Å². The minimum absolute atomic E-state index is 0.0988. The van der Waals surface area contributed by atoms with E-state index in [0.29, 0.717) is 6.54 Å². The first kappa shape index (κ1) is 10.9. The van der Waals surface area contributed by atoms with Crippen LogP contribution in [0.5, 0.6) is 0 Å². The molecule has 1 aliphatic rings. The molecule has 0 unspecified atom stereocenters. The summed E-state index contributed by atoms with van der Waals surface area (Å²) in [5.74, 6) is 0.149. The molecule has 0 aromatic carbocycles. The lowest BCUT2D eigenvalue weighted by atomic mass is 10.2. The highest BCUT2D eigenvalue weighted by atomic mass is 32.2. The van der Waals surface area contributed by atoms with Crippen molar-refractivity contribution in [1.29, 1.82) is 0 Å². The fourth-order valence-electron chi connectivity index (χ4n) is 1.61. The number of nitrogens with one attached hydrogen (secondary N) is 1. The zero-order valence-electron chi connectivity index (χ0n) is 7.86. The Labute approximate surface area is 79.3 Å². The van der Waals surface area contributed by atoms with Crippen molar-refractivity contribution >= 4 is 9.84 Å². The van der Waals surface area contributed by atoms with Crippen molar-refractivity contribution in [3.8, 4) is 0 Å². The second-order valence-corrected chi connectivity index (χ2v) is 5.95. The molecule has 2 N–H and O–H groups in total. The molecule has 1 aliphatic carbocycles. The van der Waals surface area contributed by atoms with Gasteiger partial charge in [-0.3, -0.25) is 0 Å². The van der Waals surface area contributed by atoms with E-state index in [1.54, 1.807) is 0 Å². The first-order chi connectivity index (χ1) is 5.99. The Morgan fingerprint density at radius 2 is 2.15 bits per heavy atom. The maximum absolute atomic E-state index is 10.8. The number of hydrogen-bond donors (Lipinski definition) is 2. The lowest BCUT2D eigenvalue weighted by Gasteiger charge is -2.15. The summed E-state index contributed by atoms with van der Waals surface area (Å²) >= 11 is 0. The number of aliphatic hydroxyl groups is 1. The molecule has 78 valence electrons. The molecule has 2 atom stereocenters. The lowest BCUT2D eigenvalue weighted by molar-refractivity contribution is 0.150. The molecule has 1 saturated carbocycles. The van der Waals surface area contributed by atoms with Crippen LogP contribution in [0.2, 0.25) is 0 Å². The van der Waals surface area contributed by atoms with Crippen LogP contribution >= 0.6 is 0 Å². The highest BCUT2D eigenvalue weighted by Gasteiger charge is 2.24. The molecule has 0 bridgehead atoms. The van der Waals surface area contributed by atoms with Gasteiger partial charge in [-0.1, -0.05) is 0 Å². The van der Waals surface area contributed by atoms with Crippen LogP contribution < -0.4 is 5.32 Å². The first-order valence-electron chi connectivity index (χ1n) is 4.58. The Kier molecular flexibility index (Phi) is 3.70. The van der Waals surface area contributed by atoms with Crippen LogP contribution in [0.15, 0.2) is 0 Å². The molecule has 0 aromatic heterocycles. The summed E-state index contributed by atoms with van der Waals surface area (Å²) in [6.45, 7) is 0.445. The lowest BCUT2D eigenvalue weighted by Crippen LogP contribution is -2.38. The summed E-state index contributed by atoms with van der Waals surface area (Å²) in [7, 11) is -2.88. The molecule has 0 saturated heterocycles. The average Bonchev–Trinajstić information content (AvgIpc) is 2.34. The van der Waals surface area contributed by atoms with E-state index in [0.717, 1.165) is 19.3 Å². The van der Waals surface area contributed by atoms with E-state index < -0.39 is 9.84 Å². The van der Waals surface area contributed by atoms with Crippen LogP contribution in [0.25, 0.3) is 0 Å². The Morgan fingerprint density at radius 1 is 1.46 bits per heavy atom. The standard InChI is InChI=1S/C8H17NO3S/c1-13(11,12)6-5-9-7-3-2-4-8(7)10/h7-10H,2-6H2,1H3/t7-,8-/m0/s1. The maximum Gasteiger partial charge on any atom is 0.148 e. The third-order valence-corrected chi connectivity index (χ3v) is 3.30. The van der Waals surface area contributed by atoms with Gasteiger partial charge in [0.05, 0.1) is 11.9 Å². The highest BCUT2D eigenvalue weighted by molar-refractivity contribution is 7.90. The Balaban J connectivity index is 2.19. The molecule has 0 amide bonds. The summed E-state index contributed by atoms with van der Waals surface area (Å²) in [5.41, 5.74) is 0. The van der Waals surface area contributed by atoms with Crippen molar-refractivity contribution in [3.05, 3.63) is 0 Å². The van der Waals surface area contributed by atoms with Gasteiger partial charge in [0.2, 0.25) is 0 Å². The van der Waals surface area contributed by atoms with E-state index in [-0.39, 0.29) is 17.9 Å². The predicted octanol–water partition coefficient (Wildman–Crippen LogP) is -0.466. The van der Waals surface area contributed by atoms with E-state index >= 15 is 0 Å². The average molecular weight is 207 g/mol. The van der Waals surface area contributed by atoms with E-state index in [2.05, 4.69) is 5.32 Å². The van der Waals surface area contributed by atoms with Gasteiger partial charge >= 0.3 is 0 Å². The van der Waals surface area contributed by atoms with Crippen LogP contribution in [-0.2, 0) is 9.84 Å². The molecular weight excluding hydrogens is 190 g/mol. The third kappa shape index (κ3) is 4.06. The van der Waals surface area contributed by atoms with Gasteiger partial charge in [-0.25, -0.2) is 8.42 Å². The molecule has 0 heterocycles. The number of aliphatic hydroxyl groups excluding tert-OH is 1. The minimum Gasteiger partial charge on any atom is -0.392 e. The summed E-state index contributed by atoms with van der Waals surface area (Å²) in [4.78, 5) is 0. The summed E-state index contributed by atoms with van der Waals surface area (Å²) in [6.07, 6.45) is 3.73. The number of hydrogen-bond acceptors (Lipinski definition) is 4. The smallest absolute Gasteiger partial charge is 0.148 e. The predicted molar refractivity (Wildman–Crippen MR) is 51.4 cm³/mol. The van der Waals surface area contributed by atoms with E-state index in [1.165, 1.54) is 6.26 Å². The first-order valence-corrected chi connectivity index (χ1v) is 6.64. The van der Waals surface area contributed by atoms with Gasteiger partial charge in [0.25, 0.3) is 0 Å². The van der Waals surface area contributed by atoms with Crippen LogP contribution in [0.3, 0.4) is 0 Å². The molecule has 0 radical (unpaired) electrons. The van der Waals surface area contributed by atoms with Gasteiger partial charge in [0, 0.05) is 18.8 Å². The molecule has 1 fully saturated rings. The molecular formula is C8H17NO3S. The van der Waals surface area contributed by atoms with Crippen LogP contribution in [0.4, 0.5) is 0 Å². The van der Waals surface area contributed by atoms with E-state index in [1.807, 2.05) is 0 Å². The quantitative estimate of drug-likeness (QED) is 0.654. The van der Waals surface area contributed by atoms with Crippen LogP contribution in [0, 0.1) is 0 Å². The van der Waals surface area contributed by atoms with Gasteiger partial charge in [-0.2, -0.15) is 0 Å². The molecule has 0 aliphatic heterocycles. The zero-order valence-corrected chi connectivity index (χ0v) is 8.68. The van der Waals surface area contributed by atoms with Crippen LogP contribution in [0.1, 0.15) is 19.3 Å². The normalized spacial score (nSPS) is 29.4. The zero-order chi connectivity index (χ0) is 9.90. The van der Waals surface area contributed by atoms with Gasteiger partial charge in [-0.05, 0) is 19.3 Å². The largest absolute Gasteiger partial charge is 0.392 e. The number of sulfone groups is 1. The van der Waals surface area contributed by atoms with Gasteiger partial charge < -0.3 is 10.4 Å². The Bertz CT molecular complexity index is 250. The van der Waals surface area contributed by atoms with Crippen molar-refractivity contribution in [1.82, 2.24) is 5.32 Å². The van der Waals surface area contributed by atoms with Crippen molar-refractivity contribution < 1.29 is 13.5 Å². The number of rotatable bonds is 4. The van der Waals surface area contributed by atoms with Gasteiger partial charge in [0.1, 0.15) is 9.84 Å². The Morgan fingerprint density at radius 3 is 2.62 bits per heavy atom. The van der Waals surface area contributed by atoms with E-state index in [4.69, 9.17) is 0 Å². The molecule has 0 spiro atoms. The topological polar surface area (TPSA) is 66.4 Å². The van der Waals surface area contributed by atoms with Gasteiger partial charge in [0.15, 0.2) is 0 Å². The third-order valence-electron chi connectivity index (χ3n) is 2.36. The minimum atomic E-state index is -2.88. The van der Waals surface area contributed by atoms with Crippen molar-refractivity contribution in [3.63, 3.8) is 0 Å². The van der Waals surface area contributed by atoms with Crippen molar-refractivity contribution in [2.24, 2.45) is 0 Å². The fourth-order valence-corrected chi connectivity index (χ4v) is 2.10. The Hall–Kier alpha value is -0.130. The fraction of sp³-hybridized carbons (Fsp3) is 1.00. The van der Waals surface area contributed by atoms with Crippen molar-refractivity contribution in [2.75, 3.05) is 18.6 Å². The summed E-state index contributed by atoms with van der Waals surface area (Å²) in [6, 6.07) is 0.0988. The maximum atomic E-state index is 10.8.